The van der Waals surface area contributed by atoms with Crippen LogP contribution in [0.4, 0.5) is 5.69 Å². The number of fused-ring (bicyclic) bond motifs is 4. The number of pyridine rings is 1. The first-order valence-electron chi connectivity index (χ1n) is 9.65. The molecule has 1 fully saturated rings. The molecule has 0 N–H and O–H groups in total. The van der Waals surface area contributed by atoms with E-state index >= 15 is 0 Å². The Balaban J connectivity index is 1.64. The molecular formula is C22H29N3. The summed E-state index contributed by atoms with van der Waals surface area (Å²) in [5.74, 6) is 0.680. The van der Waals surface area contributed by atoms with Gasteiger partial charge in [-0.05, 0) is 69.5 Å². The van der Waals surface area contributed by atoms with Crippen LogP contribution >= 0.6 is 0 Å². The maximum absolute atomic E-state index is 4.28. The van der Waals surface area contributed by atoms with Crippen LogP contribution in [0, 0.1) is 6.92 Å². The van der Waals surface area contributed by atoms with E-state index in [0.717, 1.165) is 13.0 Å². The lowest BCUT2D eigenvalue weighted by Crippen LogP contribution is -2.45. The summed E-state index contributed by atoms with van der Waals surface area (Å²) in [7, 11) is 2.28. The van der Waals surface area contributed by atoms with Crippen molar-refractivity contribution in [3.63, 3.8) is 0 Å². The highest BCUT2D eigenvalue weighted by Crippen LogP contribution is 2.41. The van der Waals surface area contributed by atoms with Gasteiger partial charge in [0.15, 0.2) is 0 Å². The van der Waals surface area contributed by atoms with Gasteiger partial charge < -0.3 is 9.80 Å². The zero-order chi connectivity index (χ0) is 17.2. The molecule has 1 saturated heterocycles. The Labute approximate surface area is 151 Å². The average molecular weight is 335 g/mol. The van der Waals surface area contributed by atoms with Gasteiger partial charge in [-0.15, -0.1) is 0 Å². The number of benzene rings is 1. The molecule has 3 nitrogen and oxygen atoms in total. The molecule has 0 radical (unpaired) electrons. The molecule has 1 aromatic carbocycles. The molecule has 3 heteroatoms. The third-order valence-electron chi connectivity index (χ3n) is 5.90. The normalized spacial score (nSPS) is 23.7. The molecule has 2 aliphatic heterocycles. The molecule has 0 amide bonds. The third-order valence-corrected chi connectivity index (χ3v) is 5.90. The van der Waals surface area contributed by atoms with Gasteiger partial charge in [-0.25, -0.2) is 0 Å². The van der Waals surface area contributed by atoms with Crippen LogP contribution in [-0.2, 0) is 6.42 Å². The second-order valence-electron chi connectivity index (χ2n) is 7.86. The van der Waals surface area contributed by atoms with Crippen LogP contribution in [0.2, 0.25) is 0 Å². The van der Waals surface area contributed by atoms with Crippen molar-refractivity contribution >= 4 is 5.69 Å². The largest absolute Gasteiger partial charge is 0.368 e. The topological polar surface area (TPSA) is 19.4 Å². The van der Waals surface area contributed by atoms with Gasteiger partial charge in [0.1, 0.15) is 0 Å². The predicted octanol–water partition coefficient (Wildman–Crippen LogP) is 4.02. The molecular weight excluding hydrogens is 306 g/mol. The lowest BCUT2D eigenvalue weighted by Gasteiger charge is -2.45. The summed E-state index contributed by atoms with van der Waals surface area (Å²) in [4.78, 5) is 9.50. The fourth-order valence-electron chi connectivity index (χ4n) is 4.65. The van der Waals surface area contributed by atoms with Crippen molar-refractivity contribution in [3.05, 3.63) is 59.4 Å². The smallest absolute Gasteiger partial charge is 0.0404 e. The first-order chi connectivity index (χ1) is 12.2. The number of likely N-dealkylation sites (tertiary alicyclic amines) is 1. The minimum atomic E-state index is 0.680. The molecule has 0 unspecified atom stereocenters. The molecule has 0 spiro atoms. The number of rotatable bonds is 3. The van der Waals surface area contributed by atoms with Crippen molar-refractivity contribution in [2.24, 2.45) is 0 Å². The summed E-state index contributed by atoms with van der Waals surface area (Å²) < 4.78 is 0. The van der Waals surface area contributed by atoms with Gasteiger partial charge in [0.05, 0.1) is 0 Å². The van der Waals surface area contributed by atoms with Crippen molar-refractivity contribution < 1.29 is 0 Å². The van der Waals surface area contributed by atoms with Crippen molar-refractivity contribution in [2.75, 3.05) is 31.6 Å². The summed E-state index contributed by atoms with van der Waals surface area (Å²) in [5.41, 5.74) is 5.76. The van der Waals surface area contributed by atoms with Gasteiger partial charge >= 0.3 is 0 Å². The average Bonchev–Trinajstić information content (AvgIpc) is 2.60. The fraction of sp³-hybridized carbons (Fsp3) is 0.500. The van der Waals surface area contributed by atoms with Crippen LogP contribution in [-0.4, -0.2) is 42.6 Å². The van der Waals surface area contributed by atoms with E-state index in [2.05, 4.69) is 53.0 Å². The Morgan fingerprint density at radius 1 is 1.24 bits per heavy atom. The maximum atomic E-state index is 4.28. The molecule has 4 rings (SSSR count). The highest BCUT2D eigenvalue weighted by atomic mass is 15.2. The minimum absolute atomic E-state index is 0.680. The molecule has 25 heavy (non-hydrogen) atoms. The minimum Gasteiger partial charge on any atom is -0.368 e. The third kappa shape index (κ3) is 3.57. The second kappa shape index (κ2) is 7.17. The standard InChI is InChI=1S/C22H29N3/c1-17-7-8-22-21(13-17)19-14-20(6-4-11-24(2)16-19)25(22)12-9-18-5-3-10-23-15-18/h3,5,7-8,10,13,15,19-20H,4,6,9,11-12,14,16H2,1-2H3/t19-,20+/m0/s1. The van der Waals surface area contributed by atoms with Gasteiger partial charge in [-0.1, -0.05) is 23.8 Å². The summed E-state index contributed by atoms with van der Waals surface area (Å²) >= 11 is 0. The van der Waals surface area contributed by atoms with Crippen LogP contribution in [0.1, 0.15) is 41.9 Å². The van der Waals surface area contributed by atoms with Crippen molar-refractivity contribution in [1.29, 1.82) is 0 Å². The van der Waals surface area contributed by atoms with E-state index in [-0.39, 0.29) is 0 Å². The van der Waals surface area contributed by atoms with E-state index in [0.29, 0.717) is 12.0 Å². The number of likely N-dealkylation sites (N-methyl/N-ethyl adjacent to an activating group) is 1. The van der Waals surface area contributed by atoms with Crippen molar-refractivity contribution in [3.8, 4) is 0 Å². The molecule has 2 bridgehead atoms. The predicted molar refractivity (Wildman–Crippen MR) is 104 cm³/mol. The monoisotopic (exact) mass is 335 g/mol. The fourth-order valence-corrected chi connectivity index (χ4v) is 4.65. The SMILES string of the molecule is Cc1ccc2c(c1)[C@H]1C[C@@H](CCCN(C)C1)N2CCc1cccnc1. The van der Waals surface area contributed by atoms with E-state index < -0.39 is 0 Å². The van der Waals surface area contributed by atoms with Gasteiger partial charge in [0, 0.05) is 43.1 Å². The van der Waals surface area contributed by atoms with E-state index in [9.17, 15) is 0 Å². The Hall–Kier alpha value is -1.87. The van der Waals surface area contributed by atoms with E-state index in [1.54, 1.807) is 5.56 Å². The van der Waals surface area contributed by atoms with E-state index in [1.807, 2.05) is 18.5 Å². The van der Waals surface area contributed by atoms with E-state index in [1.165, 1.54) is 49.2 Å². The quantitative estimate of drug-likeness (QED) is 0.844. The molecule has 2 aliphatic rings. The first kappa shape index (κ1) is 16.6. The summed E-state index contributed by atoms with van der Waals surface area (Å²) in [6, 6.07) is 12.0. The molecule has 2 aromatic rings. The van der Waals surface area contributed by atoms with Crippen LogP contribution in [0.25, 0.3) is 0 Å². The van der Waals surface area contributed by atoms with Crippen LogP contribution in [0.3, 0.4) is 0 Å². The van der Waals surface area contributed by atoms with E-state index in [4.69, 9.17) is 0 Å². The van der Waals surface area contributed by atoms with Crippen LogP contribution < -0.4 is 4.90 Å². The maximum Gasteiger partial charge on any atom is 0.0404 e. The Morgan fingerprint density at radius 3 is 3.00 bits per heavy atom. The molecule has 132 valence electrons. The number of hydrogen-bond acceptors (Lipinski definition) is 3. The van der Waals surface area contributed by atoms with Gasteiger partial charge in [0.25, 0.3) is 0 Å². The molecule has 0 aliphatic carbocycles. The van der Waals surface area contributed by atoms with Gasteiger partial charge in [-0.2, -0.15) is 0 Å². The first-order valence-corrected chi connectivity index (χ1v) is 9.65. The highest BCUT2D eigenvalue weighted by molar-refractivity contribution is 5.59. The Morgan fingerprint density at radius 2 is 2.16 bits per heavy atom. The number of nitrogens with zero attached hydrogens (tertiary/aromatic N) is 3. The van der Waals surface area contributed by atoms with Crippen molar-refractivity contribution in [2.45, 2.75) is 44.6 Å². The Bertz CT molecular complexity index is 712. The van der Waals surface area contributed by atoms with Gasteiger partial charge in [0.2, 0.25) is 0 Å². The molecule has 1 aromatic heterocycles. The van der Waals surface area contributed by atoms with Crippen LogP contribution in [0.15, 0.2) is 42.7 Å². The zero-order valence-corrected chi connectivity index (χ0v) is 15.5. The molecule has 3 heterocycles. The van der Waals surface area contributed by atoms with Crippen molar-refractivity contribution in [1.82, 2.24) is 9.88 Å². The van der Waals surface area contributed by atoms with Gasteiger partial charge in [-0.3, -0.25) is 4.98 Å². The Kier molecular flexibility index (Phi) is 4.76. The second-order valence-corrected chi connectivity index (χ2v) is 7.86. The number of anilines is 1. The summed E-state index contributed by atoms with van der Waals surface area (Å²) in [5, 5.41) is 0. The molecule has 0 saturated carbocycles. The number of aryl methyl sites for hydroxylation is 1. The number of hydrogen-bond donors (Lipinski definition) is 0. The lowest BCUT2D eigenvalue weighted by atomic mass is 9.81. The zero-order valence-electron chi connectivity index (χ0n) is 15.5. The molecule has 2 atom stereocenters. The highest BCUT2D eigenvalue weighted by Gasteiger charge is 2.33. The van der Waals surface area contributed by atoms with Crippen LogP contribution in [0.5, 0.6) is 0 Å². The lowest BCUT2D eigenvalue weighted by molar-refractivity contribution is 0.253. The number of aromatic nitrogens is 1. The summed E-state index contributed by atoms with van der Waals surface area (Å²) in [6.07, 6.45) is 8.85. The summed E-state index contributed by atoms with van der Waals surface area (Å²) in [6.45, 7) is 5.74.